The van der Waals surface area contributed by atoms with E-state index in [9.17, 15) is 0 Å². The van der Waals surface area contributed by atoms with E-state index in [2.05, 4.69) is 0 Å². The molecule has 2 rings (SSSR count). The zero-order valence-corrected chi connectivity index (χ0v) is 11.2. The van der Waals surface area contributed by atoms with Crippen LogP contribution in [0.5, 0.6) is 11.5 Å². The van der Waals surface area contributed by atoms with Crippen LogP contribution in [0, 0.1) is 0 Å². The first kappa shape index (κ1) is 12.5. The lowest BCUT2D eigenvalue weighted by Crippen LogP contribution is -2.31. The van der Waals surface area contributed by atoms with Gasteiger partial charge in [-0.25, -0.2) is 0 Å². The van der Waals surface area contributed by atoms with Gasteiger partial charge in [0, 0.05) is 23.1 Å². The zero-order chi connectivity index (χ0) is 12.6. The van der Waals surface area contributed by atoms with E-state index < -0.39 is 0 Å². The van der Waals surface area contributed by atoms with Crippen LogP contribution in [0.3, 0.4) is 0 Å². The highest BCUT2D eigenvalue weighted by Gasteiger charge is 2.49. The Labute approximate surface area is 107 Å². The number of benzene rings is 1. The van der Waals surface area contributed by atoms with E-state index in [-0.39, 0.29) is 11.5 Å². The van der Waals surface area contributed by atoms with Crippen molar-refractivity contribution >= 4 is 11.6 Å². The topological polar surface area (TPSA) is 44.5 Å². The molecule has 17 heavy (non-hydrogen) atoms. The monoisotopic (exact) mass is 255 g/mol. The number of hydrogen-bond acceptors (Lipinski definition) is 3. The van der Waals surface area contributed by atoms with Crippen LogP contribution in [-0.2, 0) is 5.41 Å². The molecular formula is C13H18ClNO2. The smallest absolute Gasteiger partial charge is 0.138 e. The van der Waals surface area contributed by atoms with Crippen LogP contribution in [0.1, 0.15) is 25.3 Å². The summed E-state index contributed by atoms with van der Waals surface area (Å²) in [5.74, 6) is 1.47. The summed E-state index contributed by atoms with van der Waals surface area (Å²) in [5.41, 5.74) is 7.23. The fourth-order valence-electron chi connectivity index (χ4n) is 2.35. The Morgan fingerprint density at radius 1 is 1.24 bits per heavy atom. The molecule has 4 heteroatoms. The quantitative estimate of drug-likeness (QED) is 0.900. The molecule has 0 spiro atoms. The van der Waals surface area contributed by atoms with E-state index in [1.165, 1.54) is 0 Å². The van der Waals surface area contributed by atoms with Gasteiger partial charge in [0.25, 0.3) is 0 Å². The molecule has 0 bridgehead atoms. The minimum absolute atomic E-state index is 0.0310. The van der Waals surface area contributed by atoms with E-state index in [0.29, 0.717) is 10.8 Å². The van der Waals surface area contributed by atoms with E-state index in [0.717, 1.165) is 24.2 Å². The molecule has 0 aliphatic heterocycles. The maximum absolute atomic E-state index is 6.09. The Bertz CT molecular complexity index is 428. The zero-order valence-electron chi connectivity index (χ0n) is 10.4. The maximum Gasteiger partial charge on any atom is 0.138 e. The number of ether oxygens (including phenoxy) is 2. The highest BCUT2D eigenvalue weighted by molar-refractivity contribution is 6.32. The first-order valence-electron chi connectivity index (χ1n) is 5.72. The predicted octanol–water partition coefficient (Wildman–Crippen LogP) is 2.74. The molecule has 1 aromatic rings. The first-order valence-corrected chi connectivity index (χ1v) is 6.10. The van der Waals surface area contributed by atoms with Crippen molar-refractivity contribution in [2.45, 2.75) is 31.2 Å². The van der Waals surface area contributed by atoms with Gasteiger partial charge in [-0.05, 0) is 25.8 Å². The molecule has 0 aromatic heterocycles. The Balaban J connectivity index is 2.52. The van der Waals surface area contributed by atoms with Crippen LogP contribution in [0.15, 0.2) is 12.1 Å². The van der Waals surface area contributed by atoms with Gasteiger partial charge in [-0.3, -0.25) is 0 Å². The first-order chi connectivity index (χ1) is 8.05. The molecule has 94 valence electrons. The number of methoxy groups -OCH3 is 2. The van der Waals surface area contributed by atoms with Crippen molar-refractivity contribution in [3.8, 4) is 11.5 Å². The summed E-state index contributed by atoms with van der Waals surface area (Å²) in [7, 11) is 3.27. The summed E-state index contributed by atoms with van der Waals surface area (Å²) in [5, 5.41) is 0.563. The molecule has 0 heterocycles. The highest BCUT2D eigenvalue weighted by Crippen LogP contribution is 2.54. The largest absolute Gasteiger partial charge is 0.496 e. The van der Waals surface area contributed by atoms with Gasteiger partial charge < -0.3 is 15.2 Å². The van der Waals surface area contributed by atoms with Crippen molar-refractivity contribution in [3.05, 3.63) is 22.7 Å². The third kappa shape index (κ3) is 1.98. The summed E-state index contributed by atoms with van der Waals surface area (Å²) < 4.78 is 10.7. The summed E-state index contributed by atoms with van der Waals surface area (Å²) in [4.78, 5) is 0. The molecule has 1 atom stereocenters. The molecule has 0 radical (unpaired) electrons. The predicted molar refractivity (Wildman–Crippen MR) is 69.1 cm³/mol. The van der Waals surface area contributed by atoms with Gasteiger partial charge in [-0.1, -0.05) is 11.6 Å². The molecule has 1 fully saturated rings. The number of nitrogens with two attached hydrogens (primary N) is 1. The van der Waals surface area contributed by atoms with Gasteiger partial charge in [0.05, 0.1) is 19.2 Å². The molecule has 2 N–H and O–H groups in total. The Hall–Kier alpha value is -0.930. The second kappa shape index (κ2) is 4.39. The van der Waals surface area contributed by atoms with E-state index in [1.807, 2.05) is 13.0 Å². The molecule has 3 nitrogen and oxygen atoms in total. The lowest BCUT2D eigenvalue weighted by Gasteiger charge is -2.23. The summed E-state index contributed by atoms with van der Waals surface area (Å²) in [6, 6.07) is 3.86. The SMILES string of the molecule is COc1cc(C2(C(C)N)CC2)c(OC)cc1Cl. The molecule has 1 saturated carbocycles. The number of rotatable bonds is 4. The molecule has 1 aliphatic rings. The minimum atomic E-state index is 0.0310. The lowest BCUT2D eigenvalue weighted by atomic mass is 9.88. The molecule has 1 aromatic carbocycles. The van der Waals surface area contributed by atoms with Crippen molar-refractivity contribution < 1.29 is 9.47 Å². The fraction of sp³-hybridized carbons (Fsp3) is 0.538. The Morgan fingerprint density at radius 3 is 2.24 bits per heavy atom. The minimum Gasteiger partial charge on any atom is -0.496 e. The van der Waals surface area contributed by atoms with Crippen LogP contribution in [0.2, 0.25) is 5.02 Å². The molecular weight excluding hydrogens is 238 g/mol. The highest BCUT2D eigenvalue weighted by atomic mass is 35.5. The van der Waals surface area contributed by atoms with Gasteiger partial charge in [-0.2, -0.15) is 0 Å². The number of hydrogen-bond donors (Lipinski definition) is 1. The van der Waals surface area contributed by atoms with Gasteiger partial charge in [0.2, 0.25) is 0 Å². The second-order valence-electron chi connectivity index (χ2n) is 4.63. The van der Waals surface area contributed by atoms with Gasteiger partial charge in [-0.15, -0.1) is 0 Å². The van der Waals surface area contributed by atoms with E-state index in [4.69, 9.17) is 26.8 Å². The molecule has 1 unspecified atom stereocenters. The fourth-order valence-corrected chi connectivity index (χ4v) is 2.58. The summed E-state index contributed by atoms with van der Waals surface area (Å²) in [6.07, 6.45) is 2.18. The summed E-state index contributed by atoms with van der Waals surface area (Å²) in [6.45, 7) is 2.04. The second-order valence-corrected chi connectivity index (χ2v) is 5.04. The van der Waals surface area contributed by atoms with Crippen molar-refractivity contribution in [2.75, 3.05) is 14.2 Å². The van der Waals surface area contributed by atoms with Crippen LogP contribution in [0.4, 0.5) is 0 Å². The van der Waals surface area contributed by atoms with Crippen LogP contribution >= 0.6 is 11.6 Å². The normalized spacial score (nSPS) is 18.6. The van der Waals surface area contributed by atoms with Crippen molar-refractivity contribution in [1.82, 2.24) is 0 Å². The summed E-state index contributed by atoms with van der Waals surface area (Å²) >= 11 is 6.09. The van der Waals surface area contributed by atoms with Crippen molar-refractivity contribution in [1.29, 1.82) is 0 Å². The van der Waals surface area contributed by atoms with Gasteiger partial charge in [0.1, 0.15) is 11.5 Å². The molecule has 0 amide bonds. The van der Waals surface area contributed by atoms with Gasteiger partial charge in [0.15, 0.2) is 0 Å². The molecule has 0 saturated heterocycles. The maximum atomic E-state index is 6.09. The Morgan fingerprint density at radius 2 is 1.82 bits per heavy atom. The van der Waals surface area contributed by atoms with Crippen LogP contribution < -0.4 is 15.2 Å². The molecule has 1 aliphatic carbocycles. The Kier molecular flexibility index (Phi) is 3.23. The van der Waals surface area contributed by atoms with Crippen molar-refractivity contribution in [2.24, 2.45) is 5.73 Å². The third-order valence-corrected chi connectivity index (χ3v) is 3.97. The van der Waals surface area contributed by atoms with Crippen LogP contribution in [0.25, 0.3) is 0 Å². The number of halogens is 1. The third-order valence-electron chi connectivity index (χ3n) is 3.67. The van der Waals surface area contributed by atoms with Crippen molar-refractivity contribution in [3.63, 3.8) is 0 Å². The lowest BCUT2D eigenvalue weighted by molar-refractivity contribution is 0.389. The standard InChI is InChI=1S/C13H18ClNO2/c1-8(15)13(4-5-13)9-6-12(17-3)10(14)7-11(9)16-2/h6-8H,4-5,15H2,1-3H3. The average Bonchev–Trinajstić information content (AvgIpc) is 3.09. The van der Waals surface area contributed by atoms with E-state index in [1.54, 1.807) is 20.3 Å². The average molecular weight is 256 g/mol. The van der Waals surface area contributed by atoms with E-state index >= 15 is 0 Å². The van der Waals surface area contributed by atoms with Crippen LogP contribution in [-0.4, -0.2) is 20.3 Å². The van der Waals surface area contributed by atoms with Gasteiger partial charge >= 0.3 is 0 Å².